The zero-order valence-corrected chi connectivity index (χ0v) is 9.50. The molecule has 0 aliphatic carbocycles. The Morgan fingerprint density at radius 1 is 1.35 bits per heavy atom. The van der Waals surface area contributed by atoms with Gasteiger partial charge in [-0.3, -0.25) is 0 Å². The normalized spacial score (nSPS) is 15.3. The largest absolute Gasteiger partial charge is 0.513 e. The molecule has 2 rings (SSSR count). The van der Waals surface area contributed by atoms with Gasteiger partial charge in [-0.05, 0) is 11.6 Å². The second kappa shape index (κ2) is 5.39. The summed E-state index contributed by atoms with van der Waals surface area (Å²) in [4.78, 5) is 13.2. The summed E-state index contributed by atoms with van der Waals surface area (Å²) in [6, 6.07) is 9.56. The molecular formula is C13H15NO3. The molecule has 0 bridgehead atoms. The number of carbonyl (C=O) groups excluding carboxylic acids is 1. The number of hydrogen-bond acceptors (Lipinski definition) is 3. The van der Waals surface area contributed by atoms with Gasteiger partial charge < -0.3 is 14.7 Å². The van der Waals surface area contributed by atoms with Crippen molar-refractivity contribution in [2.45, 2.75) is 13.0 Å². The molecule has 1 aliphatic rings. The van der Waals surface area contributed by atoms with Gasteiger partial charge in [0.25, 0.3) is 0 Å². The van der Waals surface area contributed by atoms with Crippen LogP contribution in [0.25, 0.3) is 0 Å². The number of hydrogen-bond donors (Lipinski definition) is 1. The summed E-state index contributed by atoms with van der Waals surface area (Å²) in [6.07, 6.45) is 1.80. The van der Waals surface area contributed by atoms with Crippen LogP contribution < -0.4 is 0 Å². The van der Waals surface area contributed by atoms with Crippen LogP contribution in [0.5, 0.6) is 0 Å². The summed E-state index contributed by atoms with van der Waals surface area (Å²) in [5.74, 6) is 0.345. The van der Waals surface area contributed by atoms with E-state index in [0.717, 1.165) is 5.56 Å². The van der Waals surface area contributed by atoms with E-state index in [4.69, 9.17) is 4.74 Å². The first kappa shape index (κ1) is 11.5. The van der Waals surface area contributed by atoms with Gasteiger partial charge in [0.2, 0.25) is 0 Å². The molecule has 90 valence electrons. The highest BCUT2D eigenvalue weighted by Gasteiger charge is 2.17. The first-order valence-electron chi connectivity index (χ1n) is 5.59. The van der Waals surface area contributed by atoms with E-state index in [9.17, 15) is 9.90 Å². The lowest BCUT2D eigenvalue weighted by atomic mass is 10.2. The van der Waals surface area contributed by atoms with Crippen LogP contribution in [0.3, 0.4) is 0 Å². The number of carbonyl (C=O) groups is 1. The molecule has 0 fully saturated rings. The third kappa shape index (κ3) is 3.24. The average Bonchev–Trinajstić information content (AvgIpc) is 2.38. The monoisotopic (exact) mass is 233 g/mol. The molecule has 1 aromatic rings. The van der Waals surface area contributed by atoms with Crippen molar-refractivity contribution in [2.24, 2.45) is 0 Å². The Hall–Kier alpha value is -1.97. The summed E-state index contributed by atoms with van der Waals surface area (Å²) in [6.45, 7) is 1.21. The van der Waals surface area contributed by atoms with Gasteiger partial charge in [-0.15, -0.1) is 0 Å². The summed E-state index contributed by atoms with van der Waals surface area (Å²) < 4.78 is 5.18. The van der Waals surface area contributed by atoms with Gasteiger partial charge in [0.15, 0.2) is 0 Å². The number of ether oxygens (including phenoxy) is 1. The Kier molecular flexibility index (Phi) is 3.65. The van der Waals surface area contributed by atoms with Crippen LogP contribution in [0.15, 0.2) is 42.2 Å². The van der Waals surface area contributed by atoms with Crippen molar-refractivity contribution in [3.8, 4) is 0 Å². The predicted molar refractivity (Wildman–Crippen MR) is 63.5 cm³/mol. The number of aliphatic hydroxyl groups is 1. The van der Waals surface area contributed by atoms with E-state index in [1.54, 1.807) is 11.0 Å². The predicted octanol–water partition coefficient (Wildman–Crippen LogP) is 2.47. The van der Waals surface area contributed by atoms with Gasteiger partial charge in [-0.25, -0.2) is 4.79 Å². The molecule has 0 atom stereocenters. The van der Waals surface area contributed by atoms with Crippen molar-refractivity contribution in [1.82, 2.24) is 4.90 Å². The number of amides is 1. The first-order valence-corrected chi connectivity index (χ1v) is 5.59. The quantitative estimate of drug-likeness (QED) is 0.853. The molecule has 0 saturated carbocycles. The van der Waals surface area contributed by atoms with Gasteiger partial charge in [0.05, 0.1) is 5.76 Å². The molecule has 4 heteroatoms. The summed E-state index contributed by atoms with van der Waals surface area (Å²) in [7, 11) is 0. The van der Waals surface area contributed by atoms with Crippen LogP contribution >= 0.6 is 0 Å². The number of nitrogens with zero attached hydrogens (tertiary/aromatic N) is 1. The highest BCUT2D eigenvalue weighted by molar-refractivity contribution is 5.68. The minimum atomic E-state index is -0.336. The highest BCUT2D eigenvalue weighted by Crippen LogP contribution is 2.10. The summed E-state index contributed by atoms with van der Waals surface area (Å²) in [5.41, 5.74) is 0.969. The fourth-order valence-corrected chi connectivity index (χ4v) is 1.63. The smallest absolute Gasteiger partial charge is 0.410 e. The lowest BCUT2D eigenvalue weighted by Crippen LogP contribution is -2.35. The van der Waals surface area contributed by atoms with E-state index in [2.05, 4.69) is 0 Å². The Bertz CT molecular complexity index is 414. The van der Waals surface area contributed by atoms with E-state index in [0.29, 0.717) is 25.3 Å². The van der Waals surface area contributed by atoms with Crippen molar-refractivity contribution in [3.63, 3.8) is 0 Å². The zero-order chi connectivity index (χ0) is 12.1. The van der Waals surface area contributed by atoms with E-state index in [-0.39, 0.29) is 12.7 Å². The lowest BCUT2D eigenvalue weighted by molar-refractivity contribution is 0.0968. The van der Waals surface area contributed by atoms with Gasteiger partial charge in [0, 0.05) is 19.5 Å². The molecule has 1 aliphatic heterocycles. The van der Waals surface area contributed by atoms with Crippen LogP contribution in [-0.4, -0.2) is 29.2 Å². The third-order valence-electron chi connectivity index (χ3n) is 2.65. The Labute approximate surface area is 100 Å². The lowest BCUT2D eigenvalue weighted by Gasteiger charge is -2.23. The molecule has 1 heterocycles. The maximum absolute atomic E-state index is 11.7. The molecule has 17 heavy (non-hydrogen) atoms. The third-order valence-corrected chi connectivity index (χ3v) is 2.65. The van der Waals surface area contributed by atoms with E-state index < -0.39 is 0 Å². The fraction of sp³-hybridized carbons (Fsp3) is 0.308. The zero-order valence-electron chi connectivity index (χ0n) is 9.50. The SMILES string of the molecule is O=C(OCc1ccccc1)N1CC=C(O)CC1. The van der Waals surface area contributed by atoms with Gasteiger partial charge in [0.1, 0.15) is 6.61 Å². The fourth-order valence-electron chi connectivity index (χ4n) is 1.63. The maximum Gasteiger partial charge on any atom is 0.410 e. The van der Waals surface area contributed by atoms with Crippen LogP contribution in [0, 0.1) is 0 Å². The molecule has 0 spiro atoms. The van der Waals surface area contributed by atoms with Crippen molar-refractivity contribution in [1.29, 1.82) is 0 Å². The average molecular weight is 233 g/mol. The minimum absolute atomic E-state index is 0.284. The molecule has 0 saturated heterocycles. The van der Waals surface area contributed by atoms with E-state index >= 15 is 0 Å². The van der Waals surface area contributed by atoms with Crippen LogP contribution in [-0.2, 0) is 11.3 Å². The van der Waals surface area contributed by atoms with E-state index in [1.807, 2.05) is 30.3 Å². The molecule has 1 N–H and O–H groups in total. The summed E-state index contributed by atoms with van der Waals surface area (Å²) in [5, 5.41) is 9.20. The molecular weight excluding hydrogens is 218 g/mol. The van der Waals surface area contributed by atoms with Gasteiger partial charge in [-0.1, -0.05) is 30.3 Å². The summed E-state index contributed by atoms with van der Waals surface area (Å²) >= 11 is 0. The Morgan fingerprint density at radius 3 is 2.76 bits per heavy atom. The van der Waals surface area contributed by atoms with Crippen molar-refractivity contribution in [2.75, 3.05) is 13.1 Å². The van der Waals surface area contributed by atoms with Gasteiger partial charge >= 0.3 is 6.09 Å². The number of aliphatic hydroxyl groups excluding tert-OH is 1. The first-order chi connectivity index (χ1) is 8.25. The number of benzene rings is 1. The van der Waals surface area contributed by atoms with E-state index in [1.165, 1.54) is 0 Å². The van der Waals surface area contributed by atoms with Crippen molar-refractivity contribution in [3.05, 3.63) is 47.7 Å². The van der Waals surface area contributed by atoms with Crippen molar-refractivity contribution >= 4 is 6.09 Å². The Morgan fingerprint density at radius 2 is 2.12 bits per heavy atom. The molecule has 0 unspecified atom stereocenters. The standard InChI is InChI=1S/C13H15NO3/c15-12-6-8-14(9-7-12)13(16)17-10-11-4-2-1-3-5-11/h1-6,15H,7-10H2. The van der Waals surface area contributed by atoms with Crippen LogP contribution in [0.1, 0.15) is 12.0 Å². The molecule has 1 aromatic carbocycles. The van der Waals surface area contributed by atoms with Crippen LogP contribution in [0.4, 0.5) is 4.79 Å². The van der Waals surface area contributed by atoms with Gasteiger partial charge in [-0.2, -0.15) is 0 Å². The van der Waals surface area contributed by atoms with Crippen LogP contribution in [0.2, 0.25) is 0 Å². The molecule has 1 amide bonds. The second-order valence-corrected chi connectivity index (χ2v) is 3.93. The molecule has 0 radical (unpaired) electrons. The maximum atomic E-state index is 11.7. The number of rotatable bonds is 2. The highest BCUT2D eigenvalue weighted by atomic mass is 16.6. The Balaban J connectivity index is 1.82. The van der Waals surface area contributed by atoms with Crippen molar-refractivity contribution < 1.29 is 14.6 Å². The molecule has 0 aromatic heterocycles. The molecule has 4 nitrogen and oxygen atoms in total. The minimum Gasteiger partial charge on any atom is -0.513 e. The second-order valence-electron chi connectivity index (χ2n) is 3.93. The topological polar surface area (TPSA) is 49.8 Å².